The molecule has 0 unspecified atom stereocenters. The molecule has 32 heavy (non-hydrogen) atoms. The first kappa shape index (κ1) is 22.2. The Balaban J connectivity index is 1.85. The van der Waals surface area contributed by atoms with Gasteiger partial charge in [-0.2, -0.15) is 0 Å². The number of hydrogen-bond donors (Lipinski definition) is 0. The van der Waals surface area contributed by atoms with Gasteiger partial charge in [0.15, 0.2) is 0 Å². The first-order valence-electron chi connectivity index (χ1n) is 10.6. The molecular formula is C24H26ClN3O4. The molecule has 1 fully saturated rings. The van der Waals surface area contributed by atoms with E-state index in [1.165, 1.54) is 7.11 Å². The van der Waals surface area contributed by atoms with Crippen LogP contribution in [-0.4, -0.2) is 68.6 Å². The third-order valence-electron chi connectivity index (χ3n) is 5.95. The molecule has 0 aromatic heterocycles. The highest BCUT2D eigenvalue weighted by atomic mass is 35.5. The van der Waals surface area contributed by atoms with Crippen molar-refractivity contribution in [1.29, 1.82) is 0 Å². The zero-order valence-corrected chi connectivity index (χ0v) is 19.2. The third kappa shape index (κ3) is 3.82. The van der Waals surface area contributed by atoms with E-state index in [1.807, 2.05) is 17.0 Å². The lowest BCUT2D eigenvalue weighted by Gasteiger charge is -2.36. The Morgan fingerprint density at radius 1 is 0.906 bits per heavy atom. The molecule has 2 heterocycles. The van der Waals surface area contributed by atoms with Crippen LogP contribution in [0.4, 0.5) is 5.69 Å². The molecular weight excluding hydrogens is 430 g/mol. The van der Waals surface area contributed by atoms with Crippen molar-refractivity contribution in [3.8, 4) is 11.5 Å². The van der Waals surface area contributed by atoms with E-state index in [0.29, 0.717) is 52.1 Å². The normalized spacial score (nSPS) is 17.4. The van der Waals surface area contributed by atoms with Gasteiger partial charge in [-0.3, -0.25) is 9.59 Å². The maximum atomic E-state index is 13.8. The Hall–Kier alpha value is -3.03. The quantitative estimate of drug-likeness (QED) is 0.623. The molecule has 1 saturated heterocycles. The molecule has 0 aliphatic carbocycles. The third-order valence-corrected chi connectivity index (χ3v) is 6.19. The molecule has 2 aromatic carbocycles. The number of likely N-dealkylation sites (N-methyl/N-ethyl adjacent to an activating group) is 1. The number of para-hydroxylation sites is 1. The van der Waals surface area contributed by atoms with Crippen molar-refractivity contribution < 1.29 is 19.1 Å². The number of methoxy groups -OCH3 is 2. The van der Waals surface area contributed by atoms with Crippen molar-refractivity contribution in [3.05, 3.63) is 58.7 Å². The second-order valence-corrected chi connectivity index (χ2v) is 8.04. The first-order valence-corrected chi connectivity index (χ1v) is 10.9. The molecule has 0 radical (unpaired) electrons. The molecule has 4 rings (SSSR count). The number of benzene rings is 2. The number of piperazine rings is 1. The minimum Gasteiger partial charge on any atom is -0.496 e. The van der Waals surface area contributed by atoms with E-state index in [2.05, 4.69) is 11.8 Å². The van der Waals surface area contributed by atoms with Gasteiger partial charge in [-0.1, -0.05) is 36.7 Å². The van der Waals surface area contributed by atoms with E-state index in [0.717, 1.165) is 24.5 Å². The number of rotatable bonds is 6. The smallest absolute Gasteiger partial charge is 0.282 e. The summed E-state index contributed by atoms with van der Waals surface area (Å²) in [5.74, 6) is 0.121. The molecule has 2 aromatic rings. The number of amides is 2. The van der Waals surface area contributed by atoms with Crippen LogP contribution in [0.2, 0.25) is 5.02 Å². The van der Waals surface area contributed by atoms with Crippen LogP contribution >= 0.6 is 11.6 Å². The minimum absolute atomic E-state index is 0.324. The highest BCUT2D eigenvalue weighted by Gasteiger charge is 2.44. The number of imide groups is 1. The van der Waals surface area contributed by atoms with Gasteiger partial charge in [0.1, 0.15) is 17.2 Å². The van der Waals surface area contributed by atoms with Crippen LogP contribution in [0.3, 0.4) is 0 Å². The Kier molecular flexibility index (Phi) is 6.39. The number of nitrogens with zero attached hydrogens (tertiary/aromatic N) is 3. The fourth-order valence-corrected chi connectivity index (χ4v) is 4.42. The summed E-state index contributed by atoms with van der Waals surface area (Å²) in [6.45, 7) is 6.02. The monoisotopic (exact) mass is 455 g/mol. The average Bonchev–Trinajstić information content (AvgIpc) is 3.08. The Morgan fingerprint density at radius 3 is 2.25 bits per heavy atom. The lowest BCUT2D eigenvalue weighted by atomic mass is 10.0. The van der Waals surface area contributed by atoms with Gasteiger partial charge in [-0.15, -0.1) is 0 Å². The lowest BCUT2D eigenvalue weighted by molar-refractivity contribution is -0.120. The van der Waals surface area contributed by atoms with E-state index in [-0.39, 0.29) is 5.91 Å². The molecule has 8 heteroatoms. The summed E-state index contributed by atoms with van der Waals surface area (Å²) in [5.41, 5.74) is 1.63. The molecule has 0 bridgehead atoms. The maximum absolute atomic E-state index is 13.8. The van der Waals surface area contributed by atoms with Gasteiger partial charge in [-0.05, 0) is 30.8 Å². The number of carbonyl (C=O) groups is 2. The second-order valence-electron chi connectivity index (χ2n) is 7.61. The van der Waals surface area contributed by atoms with Gasteiger partial charge < -0.3 is 19.3 Å². The minimum atomic E-state index is -0.423. The van der Waals surface area contributed by atoms with Crippen molar-refractivity contribution >= 4 is 34.7 Å². The number of hydrogen-bond acceptors (Lipinski definition) is 6. The summed E-state index contributed by atoms with van der Waals surface area (Å²) in [5, 5.41) is 0.408. The summed E-state index contributed by atoms with van der Waals surface area (Å²) >= 11 is 6.21. The Morgan fingerprint density at radius 2 is 1.59 bits per heavy atom. The summed E-state index contributed by atoms with van der Waals surface area (Å²) in [6, 6.07) is 12.1. The molecule has 0 saturated carbocycles. The molecule has 2 aliphatic rings. The van der Waals surface area contributed by atoms with Crippen LogP contribution in [0.1, 0.15) is 12.5 Å². The van der Waals surface area contributed by atoms with Crippen molar-refractivity contribution in [3.63, 3.8) is 0 Å². The topological polar surface area (TPSA) is 62.3 Å². The predicted molar refractivity (Wildman–Crippen MR) is 124 cm³/mol. The first-order chi connectivity index (χ1) is 15.5. The van der Waals surface area contributed by atoms with Gasteiger partial charge in [0.05, 0.1) is 25.5 Å². The Labute approximate surface area is 192 Å². The van der Waals surface area contributed by atoms with E-state index < -0.39 is 5.91 Å². The zero-order valence-electron chi connectivity index (χ0n) is 18.4. The van der Waals surface area contributed by atoms with Crippen molar-refractivity contribution in [1.82, 2.24) is 9.80 Å². The number of halogens is 1. The van der Waals surface area contributed by atoms with Gasteiger partial charge in [-0.25, -0.2) is 4.90 Å². The van der Waals surface area contributed by atoms with Crippen LogP contribution in [0.5, 0.6) is 11.5 Å². The molecule has 0 N–H and O–H groups in total. The van der Waals surface area contributed by atoms with Crippen molar-refractivity contribution in [2.45, 2.75) is 6.92 Å². The van der Waals surface area contributed by atoms with Gasteiger partial charge >= 0.3 is 0 Å². The van der Waals surface area contributed by atoms with Gasteiger partial charge in [0, 0.05) is 36.8 Å². The highest BCUT2D eigenvalue weighted by Crippen LogP contribution is 2.41. The zero-order chi connectivity index (χ0) is 22.8. The number of ether oxygens (including phenoxy) is 2. The maximum Gasteiger partial charge on any atom is 0.282 e. The van der Waals surface area contributed by atoms with E-state index >= 15 is 0 Å². The molecule has 0 atom stereocenters. The number of carbonyl (C=O) groups excluding carboxylic acids is 2. The van der Waals surface area contributed by atoms with Gasteiger partial charge in [0.2, 0.25) is 0 Å². The fraction of sp³-hybridized carbons (Fsp3) is 0.333. The van der Waals surface area contributed by atoms with Crippen LogP contribution < -0.4 is 14.4 Å². The predicted octanol–water partition coefficient (Wildman–Crippen LogP) is 3.28. The molecule has 7 nitrogen and oxygen atoms in total. The van der Waals surface area contributed by atoms with E-state index in [9.17, 15) is 9.59 Å². The highest BCUT2D eigenvalue weighted by molar-refractivity contribution is 6.46. The summed E-state index contributed by atoms with van der Waals surface area (Å²) in [7, 11) is 3.05. The average molecular weight is 456 g/mol. The summed E-state index contributed by atoms with van der Waals surface area (Å²) < 4.78 is 11.0. The second kappa shape index (κ2) is 9.22. The van der Waals surface area contributed by atoms with Crippen molar-refractivity contribution in [2.75, 3.05) is 51.8 Å². The molecule has 168 valence electrons. The molecule has 2 aliphatic heterocycles. The largest absolute Gasteiger partial charge is 0.496 e. The molecule has 2 amide bonds. The van der Waals surface area contributed by atoms with E-state index in [1.54, 1.807) is 37.4 Å². The van der Waals surface area contributed by atoms with E-state index in [4.69, 9.17) is 21.1 Å². The van der Waals surface area contributed by atoms with Gasteiger partial charge in [0.25, 0.3) is 11.8 Å². The lowest BCUT2D eigenvalue weighted by Crippen LogP contribution is -2.47. The van der Waals surface area contributed by atoms with Crippen LogP contribution in [-0.2, 0) is 9.59 Å². The van der Waals surface area contributed by atoms with Crippen LogP contribution in [0.15, 0.2) is 48.2 Å². The standard InChI is InChI=1S/C24H26ClN3O4/c1-4-26-11-13-27(14-12-26)22-21(17-7-5-6-8-19(17)31-2)23(29)28(24(22)30)18-15-16(25)9-10-20(18)32-3/h5-10,15H,4,11-14H2,1-3H3. The SMILES string of the molecule is CCN1CCN(C2=C(c3ccccc3OC)C(=O)N(c3cc(Cl)ccc3OC)C2=O)CC1. The summed E-state index contributed by atoms with van der Waals surface area (Å²) in [4.78, 5) is 33.1. The van der Waals surface area contributed by atoms with Crippen LogP contribution in [0.25, 0.3) is 5.57 Å². The summed E-state index contributed by atoms with van der Waals surface area (Å²) in [6.07, 6.45) is 0. The Bertz CT molecular complexity index is 1080. The fourth-order valence-electron chi connectivity index (χ4n) is 4.25. The number of anilines is 1. The molecule has 0 spiro atoms. The van der Waals surface area contributed by atoms with Crippen LogP contribution in [0, 0.1) is 0 Å². The van der Waals surface area contributed by atoms with Crippen molar-refractivity contribution in [2.24, 2.45) is 0 Å².